The zero-order valence-electron chi connectivity index (χ0n) is 13.3. The summed E-state index contributed by atoms with van der Waals surface area (Å²) in [6, 6.07) is 10.5. The van der Waals surface area contributed by atoms with Crippen LogP contribution >= 0.6 is 11.6 Å². The first-order valence-electron chi connectivity index (χ1n) is 8.15. The average Bonchev–Trinajstić information content (AvgIpc) is 3.04. The van der Waals surface area contributed by atoms with E-state index >= 15 is 0 Å². The number of benzene rings is 1. The van der Waals surface area contributed by atoms with Crippen LogP contribution in [0.4, 0.5) is 0 Å². The molecule has 0 radical (unpaired) electrons. The highest BCUT2D eigenvalue weighted by Gasteiger charge is 2.19. The first-order chi connectivity index (χ1) is 11.6. The monoisotopic (exact) mass is 365 g/mol. The number of nitrogens with one attached hydrogen (secondary N) is 1. The lowest BCUT2D eigenvalue weighted by molar-refractivity contribution is 0.0898. The molecule has 1 heterocycles. The van der Waals surface area contributed by atoms with Gasteiger partial charge in [0.25, 0.3) is 5.91 Å². The molecule has 4 nitrogen and oxygen atoms in total. The van der Waals surface area contributed by atoms with E-state index in [1.165, 1.54) is 6.42 Å². The minimum Gasteiger partial charge on any atom is -0.455 e. The lowest BCUT2D eigenvalue weighted by Gasteiger charge is -2.22. The molecule has 1 saturated carbocycles. The Kier molecular flexibility index (Phi) is 5.74. The maximum atomic E-state index is 12.4. The van der Waals surface area contributed by atoms with Crippen LogP contribution in [0, 0.1) is 0 Å². The third-order valence-corrected chi connectivity index (χ3v) is 5.72. The molecular weight excluding hydrogens is 346 g/mol. The van der Waals surface area contributed by atoms with Crippen molar-refractivity contribution in [2.45, 2.75) is 48.8 Å². The summed E-state index contributed by atoms with van der Waals surface area (Å²) in [6.07, 6.45) is 5.61. The van der Waals surface area contributed by atoms with E-state index in [1.807, 2.05) is 0 Å². The summed E-state index contributed by atoms with van der Waals surface area (Å²) in [5.41, 5.74) is 0. The highest BCUT2D eigenvalue weighted by Crippen LogP contribution is 2.20. The molecule has 24 heavy (non-hydrogen) atoms. The van der Waals surface area contributed by atoms with Gasteiger partial charge in [-0.05, 0) is 43.2 Å². The number of furan rings is 1. The predicted molar refractivity (Wildman–Crippen MR) is 94.6 cm³/mol. The first kappa shape index (κ1) is 17.2. The van der Waals surface area contributed by atoms with E-state index in [4.69, 9.17) is 16.0 Å². The lowest BCUT2D eigenvalue weighted by Crippen LogP contribution is -2.35. The van der Waals surface area contributed by atoms with Crippen molar-refractivity contribution in [1.82, 2.24) is 5.32 Å². The SMILES string of the molecule is O=C(NC1CCCCC1)c1ccc(CS(=O)c2cccc(Cl)c2)o1. The highest BCUT2D eigenvalue weighted by atomic mass is 35.5. The fourth-order valence-corrected chi connectivity index (χ4v) is 4.23. The van der Waals surface area contributed by atoms with Crippen molar-refractivity contribution in [3.05, 3.63) is 52.9 Å². The molecule has 3 rings (SSSR count). The van der Waals surface area contributed by atoms with E-state index in [1.54, 1.807) is 36.4 Å². The minimum atomic E-state index is -1.26. The van der Waals surface area contributed by atoms with Gasteiger partial charge in [-0.25, -0.2) is 0 Å². The van der Waals surface area contributed by atoms with Crippen molar-refractivity contribution in [3.63, 3.8) is 0 Å². The largest absolute Gasteiger partial charge is 0.455 e. The molecule has 6 heteroatoms. The maximum absolute atomic E-state index is 12.4. The number of hydrogen-bond donors (Lipinski definition) is 1. The quantitative estimate of drug-likeness (QED) is 0.859. The fraction of sp³-hybridized carbons (Fsp3) is 0.389. The van der Waals surface area contributed by atoms with Gasteiger partial charge in [-0.15, -0.1) is 0 Å². The molecule has 0 aliphatic heterocycles. The summed E-state index contributed by atoms with van der Waals surface area (Å²) in [5, 5.41) is 3.56. The first-order valence-corrected chi connectivity index (χ1v) is 9.85. The van der Waals surface area contributed by atoms with Crippen LogP contribution < -0.4 is 5.32 Å². The van der Waals surface area contributed by atoms with Gasteiger partial charge >= 0.3 is 0 Å². The van der Waals surface area contributed by atoms with Gasteiger partial charge in [0.15, 0.2) is 5.76 Å². The smallest absolute Gasteiger partial charge is 0.287 e. The predicted octanol–water partition coefficient (Wildman–Crippen LogP) is 4.30. The molecule has 1 aromatic carbocycles. The number of halogens is 1. The topological polar surface area (TPSA) is 59.3 Å². The van der Waals surface area contributed by atoms with E-state index in [0.29, 0.717) is 15.7 Å². The Morgan fingerprint density at radius 3 is 2.75 bits per heavy atom. The Labute approximate surface area is 149 Å². The molecule has 1 aliphatic rings. The summed E-state index contributed by atoms with van der Waals surface area (Å²) in [5.74, 6) is 0.833. The Morgan fingerprint density at radius 1 is 1.21 bits per heavy atom. The van der Waals surface area contributed by atoms with Gasteiger partial charge in [0.05, 0.1) is 16.6 Å². The van der Waals surface area contributed by atoms with Crippen LogP contribution in [-0.2, 0) is 16.6 Å². The van der Waals surface area contributed by atoms with Crippen LogP contribution in [0.3, 0.4) is 0 Å². The van der Waals surface area contributed by atoms with Crippen LogP contribution in [-0.4, -0.2) is 16.2 Å². The normalized spacial score (nSPS) is 16.7. The van der Waals surface area contributed by atoms with Gasteiger partial charge in [0.2, 0.25) is 0 Å². The van der Waals surface area contributed by atoms with Crippen molar-refractivity contribution in [3.8, 4) is 0 Å². The molecule has 2 aromatic rings. The van der Waals surface area contributed by atoms with Gasteiger partial charge in [0, 0.05) is 16.0 Å². The summed E-state index contributed by atoms with van der Waals surface area (Å²) in [7, 11) is -1.26. The Hall–Kier alpha value is -1.59. The van der Waals surface area contributed by atoms with Crippen LogP contribution in [0.5, 0.6) is 0 Å². The average molecular weight is 366 g/mol. The van der Waals surface area contributed by atoms with Crippen molar-refractivity contribution in [2.75, 3.05) is 0 Å². The second-order valence-corrected chi connectivity index (χ2v) is 7.91. The Bertz CT molecular complexity index is 737. The molecule has 1 unspecified atom stereocenters. The third kappa shape index (κ3) is 4.48. The molecule has 128 valence electrons. The molecule has 1 N–H and O–H groups in total. The van der Waals surface area contributed by atoms with E-state index < -0.39 is 10.8 Å². The van der Waals surface area contributed by atoms with Crippen LogP contribution in [0.25, 0.3) is 0 Å². The molecule has 0 saturated heterocycles. The lowest BCUT2D eigenvalue weighted by atomic mass is 9.95. The molecule has 0 bridgehead atoms. The zero-order valence-corrected chi connectivity index (χ0v) is 14.9. The molecule has 1 atom stereocenters. The molecule has 1 aromatic heterocycles. The van der Waals surface area contributed by atoms with Gasteiger partial charge < -0.3 is 9.73 Å². The third-order valence-electron chi connectivity index (χ3n) is 4.16. The number of hydrogen-bond acceptors (Lipinski definition) is 3. The van der Waals surface area contributed by atoms with Crippen molar-refractivity contribution < 1.29 is 13.4 Å². The number of carbonyl (C=O) groups is 1. The van der Waals surface area contributed by atoms with E-state index in [-0.39, 0.29) is 23.5 Å². The van der Waals surface area contributed by atoms with Crippen molar-refractivity contribution >= 4 is 28.3 Å². The van der Waals surface area contributed by atoms with Crippen molar-refractivity contribution in [2.24, 2.45) is 0 Å². The highest BCUT2D eigenvalue weighted by molar-refractivity contribution is 7.84. The zero-order chi connectivity index (χ0) is 16.9. The maximum Gasteiger partial charge on any atom is 0.287 e. The summed E-state index contributed by atoms with van der Waals surface area (Å²) >= 11 is 5.92. The van der Waals surface area contributed by atoms with Crippen LogP contribution in [0.15, 0.2) is 45.7 Å². The van der Waals surface area contributed by atoms with Gasteiger partial charge in [-0.2, -0.15) is 0 Å². The molecule has 1 aliphatic carbocycles. The Balaban J connectivity index is 1.60. The number of amides is 1. The summed E-state index contributed by atoms with van der Waals surface area (Å²) in [4.78, 5) is 12.9. The van der Waals surface area contributed by atoms with Gasteiger partial charge in [-0.1, -0.05) is 36.9 Å². The second kappa shape index (κ2) is 7.99. The molecule has 1 fully saturated rings. The van der Waals surface area contributed by atoms with Crippen LogP contribution in [0.1, 0.15) is 48.4 Å². The summed E-state index contributed by atoms with van der Waals surface area (Å²) in [6.45, 7) is 0. The number of carbonyl (C=O) groups excluding carboxylic acids is 1. The Morgan fingerprint density at radius 2 is 2.00 bits per heavy atom. The minimum absolute atomic E-state index is 0.193. The fourth-order valence-electron chi connectivity index (χ4n) is 2.90. The van der Waals surface area contributed by atoms with Gasteiger partial charge in [-0.3, -0.25) is 9.00 Å². The van der Waals surface area contributed by atoms with E-state index in [9.17, 15) is 9.00 Å². The van der Waals surface area contributed by atoms with E-state index in [2.05, 4.69) is 5.32 Å². The molecular formula is C18H20ClNO3S. The molecule has 0 spiro atoms. The van der Waals surface area contributed by atoms with Gasteiger partial charge in [0.1, 0.15) is 5.76 Å². The number of rotatable bonds is 5. The van der Waals surface area contributed by atoms with E-state index in [0.717, 1.165) is 25.7 Å². The second-order valence-electron chi connectivity index (χ2n) is 6.02. The van der Waals surface area contributed by atoms with Crippen molar-refractivity contribution in [1.29, 1.82) is 0 Å². The molecule has 1 amide bonds. The summed E-state index contributed by atoms with van der Waals surface area (Å²) < 4.78 is 17.9. The van der Waals surface area contributed by atoms with Crippen LogP contribution in [0.2, 0.25) is 5.02 Å². The standard InChI is InChI=1S/C18H20ClNO3S/c19-13-5-4-8-16(11-13)24(22)12-15-9-10-17(23-15)18(21)20-14-6-2-1-3-7-14/h4-5,8-11,14H,1-3,6-7,12H2,(H,20,21).